The summed E-state index contributed by atoms with van der Waals surface area (Å²) in [5.41, 5.74) is -3.28. The number of hydrogen-bond acceptors (Lipinski definition) is 3. The van der Waals surface area contributed by atoms with Crippen molar-refractivity contribution < 1.29 is 45.4 Å². The molecule has 3 unspecified atom stereocenters. The number of carboxylic acid groups (broad SMARTS) is 1. The van der Waals surface area contributed by atoms with E-state index in [1.54, 1.807) is 12.1 Å². The van der Waals surface area contributed by atoms with Gasteiger partial charge in [0.25, 0.3) is 0 Å². The van der Waals surface area contributed by atoms with Crippen molar-refractivity contribution in [2.45, 2.75) is 82.0 Å². The minimum Gasteiger partial charge on any atom is -0.481 e. The number of carbonyl (C=O) groups is 1. The van der Waals surface area contributed by atoms with Gasteiger partial charge < -0.3 is 14.7 Å². The molecule has 1 N–H and O–H groups in total. The van der Waals surface area contributed by atoms with Crippen molar-refractivity contribution in [3.05, 3.63) is 70.5 Å². The molecular weight excluding hydrogens is 543 g/mol. The van der Waals surface area contributed by atoms with E-state index in [2.05, 4.69) is 0 Å². The van der Waals surface area contributed by atoms with Gasteiger partial charge in [-0.25, -0.2) is 4.39 Å². The summed E-state index contributed by atoms with van der Waals surface area (Å²) in [5.74, 6) is -1.73. The maximum Gasteiger partial charge on any atom is 0.416 e. The van der Waals surface area contributed by atoms with Crippen molar-refractivity contribution in [2.24, 2.45) is 5.41 Å². The standard InChI is InChI=1S/C29H32F7NO3/c1-17(19-13-20(28(31,32)33)15-21(14-19)29(34,35)36)40-24-10-9-23(25(24)18-5-7-22(30)8-6-18)37(2)16-27(26(38)39)11-3-4-12-27/h5-8,13-15,17,23-25H,3-4,9-12,16H2,1-2H3,(H,38,39)/t17-,23?,24?,25?/m1/s1. The van der Waals surface area contributed by atoms with Gasteiger partial charge in [-0.1, -0.05) is 25.0 Å². The highest BCUT2D eigenvalue weighted by atomic mass is 19.4. The first-order valence-electron chi connectivity index (χ1n) is 13.2. The molecule has 40 heavy (non-hydrogen) atoms. The summed E-state index contributed by atoms with van der Waals surface area (Å²) in [6, 6.07) is 6.92. The van der Waals surface area contributed by atoms with Crippen LogP contribution in [0.5, 0.6) is 0 Å². The van der Waals surface area contributed by atoms with Crippen molar-refractivity contribution in [1.29, 1.82) is 0 Å². The molecule has 2 aliphatic rings. The molecule has 2 fully saturated rings. The van der Waals surface area contributed by atoms with Crippen molar-refractivity contribution in [3.63, 3.8) is 0 Å². The summed E-state index contributed by atoms with van der Waals surface area (Å²) in [7, 11) is 1.82. The third-order valence-corrected chi connectivity index (χ3v) is 8.41. The molecule has 0 saturated heterocycles. The van der Waals surface area contributed by atoms with Crippen molar-refractivity contribution in [2.75, 3.05) is 13.6 Å². The van der Waals surface area contributed by atoms with Gasteiger partial charge in [0.2, 0.25) is 0 Å². The topological polar surface area (TPSA) is 49.8 Å². The molecule has 11 heteroatoms. The SMILES string of the molecule is C[C@@H](OC1CCC(N(C)CC2(C(=O)O)CCCC2)C1c1ccc(F)cc1)c1cc(C(F)(F)F)cc(C(F)(F)F)c1. The first kappa shape index (κ1) is 30.3. The lowest BCUT2D eigenvalue weighted by Crippen LogP contribution is -2.45. The second-order valence-corrected chi connectivity index (χ2v) is 11.1. The van der Waals surface area contributed by atoms with Crippen LogP contribution in [0.2, 0.25) is 0 Å². The van der Waals surface area contributed by atoms with Gasteiger partial charge in [-0.3, -0.25) is 4.79 Å². The number of halogens is 7. The molecule has 0 bridgehead atoms. The molecule has 0 radical (unpaired) electrons. The van der Waals surface area contributed by atoms with Crippen molar-refractivity contribution >= 4 is 5.97 Å². The summed E-state index contributed by atoms with van der Waals surface area (Å²) in [4.78, 5) is 14.1. The lowest BCUT2D eigenvalue weighted by atomic mass is 9.84. The van der Waals surface area contributed by atoms with Crippen LogP contribution in [0.25, 0.3) is 0 Å². The van der Waals surface area contributed by atoms with E-state index in [0.717, 1.165) is 12.8 Å². The Morgan fingerprint density at radius 2 is 1.55 bits per heavy atom. The summed E-state index contributed by atoms with van der Waals surface area (Å²) in [6.07, 6.45) is -7.96. The molecule has 2 aromatic carbocycles. The molecule has 220 valence electrons. The molecule has 4 rings (SSSR count). The van der Waals surface area contributed by atoms with Gasteiger partial charge in [-0.2, -0.15) is 26.3 Å². The van der Waals surface area contributed by atoms with Crippen molar-refractivity contribution in [3.8, 4) is 0 Å². The minimum absolute atomic E-state index is 0.0827. The van der Waals surface area contributed by atoms with E-state index in [-0.39, 0.29) is 24.2 Å². The molecule has 0 aliphatic heterocycles. The molecule has 2 aliphatic carbocycles. The zero-order valence-electron chi connectivity index (χ0n) is 22.2. The van der Waals surface area contributed by atoms with Gasteiger partial charge in [0.15, 0.2) is 0 Å². The third kappa shape index (κ3) is 6.46. The zero-order chi connectivity index (χ0) is 29.5. The Hall–Kier alpha value is -2.66. The smallest absolute Gasteiger partial charge is 0.416 e. The number of likely N-dealkylation sites (N-methyl/N-ethyl adjacent to an activating group) is 1. The quantitative estimate of drug-likeness (QED) is 0.326. The predicted molar refractivity (Wildman–Crippen MR) is 133 cm³/mol. The Kier molecular flexibility index (Phi) is 8.57. The lowest BCUT2D eigenvalue weighted by molar-refractivity contribution is -0.150. The predicted octanol–water partition coefficient (Wildman–Crippen LogP) is 7.83. The Bertz CT molecular complexity index is 1160. The van der Waals surface area contributed by atoms with E-state index < -0.39 is 58.8 Å². The summed E-state index contributed by atoms with van der Waals surface area (Å²) >= 11 is 0. The van der Waals surface area contributed by atoms with Gasteiger partial charge in [0, 0.05) is 18.5 Å². The second-order valence-electron chi connectivity index (χ2n) is 11.1. The zero-order valence-corrected chi connectivity index (χ0v) is 22.2. The number of carboxylic acids is 1. The fourth-order valence-corrected chi connectivity index (χ4v) is 6.35. The minimum atomic E-state index is -4.98. The Balaban J connectivity index is 1.63. The van der Waals surface area contributed by atoms with E-state index in [0.29, 0.717) is 43.4 Å². The van der Waals surface area contributed by atoms with Crippen LogP contribution in [0.4, 0.5) is 30.7 Å². The van der Waals surface area contributed by atoms with Gasteiger partial charge in [0.05, 0.1) is 28.7 Å². The monoisotopic (exact) mass is 575 g/mol. The van der Waals surface area contributed by atoms with Gasteiger partial charge in [0.1, 0.15) is 5.82 Å². The number of ether oxygens (including phenoxy) is 1. The third-order valence-electron chi connectivity index (χ3n) is 8.41. The van der Waals surface area contributed by atoms with Crippen molar-refractivity contribution in [1.82, 2.24) is 4.90 Å². The van der Waals surface area contributed by atoms with E-state index >= 15 is 0 Å². The highest BCUT2D eigenvalue weighted by molar-refractivity contribution is 5.75. The molecule has 4 atom stereocenters. The summed E-state index contributed by atoms with van der Waals surface area (Å²) in [5, 5.41) is 9.97. The normalized spacial score (nSPS) is 24.0. The van der Waals surface area contributed by atoms with Gasteiger partial charge in [-0.05, 0) is 81.1 Å². The lowest BCUT2D eigenvalue weighted by Gasteiger charge is -2.37. The Morgan fingerprint density at radius 1 is 1.00 bits per heavy atom. The number of rotatable bonds is 8. The van der Waals surface area contributed by atoms with E-state index in [9.17, 15) is 40.6 Å². The average Bonchev–Trinajstić information content (AvgIpc) is 3.51. The molecule has 0 heterocycles. The molecular formula is C29H32F7NO3. The fourth-order valence-electron chi connectivity index (χ4n) is 6.35. The van der Waals surface area contributed by atoms with Crippen LogP contribution >= 0.6 is 0 Å². The maximum atomic E-state index is 13.7. The van der Waals surface area contributed by atoms with E-state index in [4.69, 9.17) is 4.74 Å². The first-order valence-corrected chi connectivity index (χ1v) is 13.2. The molecule has 0 spiro atoms. The number of hydrogen-bond donors (Lipinski definition) is 1. The van der Waals surface area contributed by atoms with Gasteiger partial charge in [-0.15, -0.1) is 0 Å². The average molecular weight is 576 g/mol. The van der Waals surface area contributed by atoms with Crippen LogP contribution in [0.15, 0.2) is 42.5 Å². The largest absolute Gasteiger partial charge is 0.481 e. The number of alkyl halides is 6. The molecule has 0 amide bonds. The molecule has 2 aromatic rings. The number of benzene rings is 2. The van der Waals surface area contributed by atoms with E-state index in [1.807, 2.05) is 11.9 Å². The fraction of sp³-hybridized carbons (Fsp3) is 0.552. The Morgan fingerprint density at radius 3 is 2.05 bits per heavy atom. The summed E-state index contributed by atoms with van der Waals surface area (Å²) < 4.78 is 101. The Labute approximate surface area is 228 Å². The van der Waals surface area contributed by atoms with E-state index in [1.165, 1.54) is 19.1 Å². The van der Waals surface area contributed by atoms with Crippen LogP contribution in [0.3, 0.4) is 0 Å². The highest BCUT2D eigenvalue weighted by Crippen LogP contribution is 2.45. The number of aliphatic carboxylic acids is 1. The van der Waals surface area contributed by atoms with Gasteiger partial charge >= 0.3 is 18.3 Å². The molecule has 0 aromatic heterocycles. The molecule has 2 saturated carbocycles. The second kappa shape index (κ2) is 11.3. The number of nitrogens with zero attached hydrogens (tertiary/aromatic N) is 1. The highest BCUT2D eigenvalue weighted by Gasteiger charge is 2.47. The maximum absolute atomic E-state index is 13.7. The van der Waals surface area contributed by atoms with Crippen LogP contribution in [0, 0.1) is 11.2 Å². The van der Waals surface area contributed by atoms with Crippen LogP contribution in [-0.2, 0) is 21.9 Å². The van der Waals surface area contributed by atoms with Crippen LogP contribution < -0.4 is 0 Å². The molecule has 4 nitrogen and oxygen atoms in total. The van der Waals surface area contributed by atoms with Crippen LogP contribution in [0.1, 0.15) is 79.7 Å². The van der Waals surface area contributed by atoms with Crippen LogP contribution in [-0.4, -0.2) is 41.7 Å². The summed E-state index contributed by atoms with van der Waals surface area (Å²) in [6.45, 7) is 1.70. The first-order chi connectivity index (χ1) is 18.6.